The summed E-state index contributed by atoms with van der Waals surface area (Å²) < 4.78 is 0. The van der Waals surface area contributed by atoms with Crippen molar-refractivity contribution in [1.29, 1.82) is 0 Å². The van der Waals surface area contributed by atoms with Crippen LogP contribution in [-0.2, 0) is 4.79 Å². The average molecular weight is 236 g/mol. The number of nitrogens with zero attached hydrogens (tertiary/aromatic N) is 1. The average Bonchev–Trinajstić information content (AvgIpc) is 2.90. The summed E-state index contributed by atoms with van der Waals surface area (Å²) in [5.74, 6) is 0.242. The van der Waals surface area contributed by atoms with Crippen LogP contribution in [0.15, 0.2) is 12.1 Å². The Morgan fingerprint density at radius 3 is 2.75 bits per heavy atom. The highest BCUT2D eigenvalue weighted by molar-refractivity contribution is 7.12. The van der Waals surface area contributed by atoms with E-state index in [0.29, 0.717) is 12.5 Å². The third kappa shape index (κ3) is 1.57. The van der Waals surface area contributed by atoms with E-state index < -0.39 is 0 Å². The fraction of sp³-hybridized carbons (Fsp3) is 0.583. The molecule has 1 aliphatic heterocycles. The van der Waals surface area contributed by atoms with Crippen molar-refractivity contribution in [3.63, 3.8) is 0 Å². The standard InChI is InChI=1S/C12H16N2OS/c1-7-2-5-10(16-7)12-9(13)6-11(15)14(12)8-3-4-8/h2,5,8-9,12H,3-4,6,13H2,1H3. The van der Waals surface area contributed by atoms with Crippen LogP contribution in [0, 0.1) is 6.92 Å². The van der Waals surface area contributed by atoms with Gasteiger partial charge in [0, 0.05) is 28.3 Å². The van der Waals surface area contributed by atoms with Crippen LogP contribution in [0.5, 0.6) is 0 Å². The highest BCUT2D eigenvalue weighted by Gasteiger charge is 2.46. The number of hydrogen-bond acceptors (Lipinski definition) is 3. The van der Waals surface area contributed by atoms with Crippen LogP contribution in [0.4, 0.5) is 0 Å². The van der Waals surface area contributed by atoms with Crippen LogP contribution in [0.1, 0.15) is 35.1 Å². The minimum Gasteiger partial charge on any atom is -0.330 e. The number of hydrogen-bond donors (Lipinski definition) is 1. The van der Waals surface area contributed by atoms with Gasteiger partial charge < -0.3 is 10.6 Å². The first kappa shape index (κ1) is 10.3. The highest BCUT2D eigenvalue weighted by Crippen LogP contribution is 2.42. The molecule has 4 heteroatoms. The SMILES string of the molecule is Cc1ccc(C2C(N)CC(=O)N2C2CC2)s1. The summed E-state index contributed by atoms with van der Waals surface area (Å²) in [6.45, 7) is 2.10. The van der Waals surface area contributed by atoms with Crippen LogP contribution < -0.4 is 5.73 Å². The maximum Gasteiger partial charge on any atom is 0.225 e. The molecule has 0 bridgehead atoms. The van der Waals surface area contributed by atoms with Gasteiger partial charge in [0.2, 0.25) is 5.91 Å². The molecule has 16 heavy (non-hydrogen) atoms. The van der Waals surface area contributed by atoms with Crippen molar-refractivity contribution in [3.8, 4) is 0 Å². The Hall–Kier alpha value is -0.870. The van der Waals surface area contributed by atoms with Crippen LogP contribution in [0.2, 0.25) is 0 Å². The molecule has 1 aliphatic carbocycles. The van der Waals surface area contributed by atoms with Crippen molar-refractivity contribution in [2.75, 3.05) is 0 Å². The number of nitrogens with two attached hydrogens (primary N) is 1. The first-order valence-electron chi connectivity index (χ1n) is 5.80. The fourth-order valence-corrected chi connectivity index (χ4v) is 3.58. The molecular weight excluding hydrogens is 220 g/mol. The quantitative estimate of drug-likeness (QED) is 0.851. The lowest BCUT2D eigenvalue weighted by Gasteiger charge is -2.25. The van der Waals surface area contributed by atoms with E-state index in [-0.39, 0.29) is 18.0 Å². The number of rotatable bonds is 2. The van der Waals surface area contributed by atoms with E-state index in [2.05, 4.69) is 19.1 Å². The van der Waals surface area contributed by atoms with Gasteiger partial charge >= 0.3 is 0 Å². The van der Waals surface area contributed by atoms with Gasteiger partial charge in [-0.1, -0.05) is 0 Å². The maximum absolute atomic E-state index is 11.9. The zero-order valence-electron chi connectivity index (χ0n) is 9.35. The summed E-state index contributed by atoms with van der Waals surface area (Å²) in [5, 5.41) is 0. The summed E-state index contributed by atoms with van der Waals surface area (Å²) in [4.78, 5) is 16.5. The second-order valence-corrected chi connectivity index (χ2v) is 6.11. The molecule has 2 unspecified atom stereocenters. The first-order chi connectivity index (χ1) is 7.66. The molecule has 0 spiro atoms. The Labute approximate surface area is 99.2 Å². The van der Waals surface area contributed by atoms with Gasteiger partial charge in [-0.05, 0) is 31.9 Å². The Kier molecular flexibility index (Phi) is 2.30. The van der Waals surface area contributed by atoms with Crippen molar-refractivity contribution < 1.29 is 4.79 Å². The van der Waals surface area contributed by atoms with E-state index in [9.17, 15) is 4.79 Å². The molecular formula is C12H16N2OS. The van der Waals surface area contributed by atoms with Crippen molar-refractivity contribution in [2.24, 2.45) is 5.73 Å². The monoisotopic (exact) mass is 236 g/mol. The summed E-state index contributed by atoms with van der Waals surface area (Å²) in [7, 11) is 0. The number of thiophene rings is 1. The zero-order valence-corrected chi connectivity index (χ0v) is 10.2. The molecule has 2 heterocycles. The van der Waals surface area contributed by atoms with E-state index in [1.807, 2.05) is 4.90 Å². The third-order valence-electron chi connectivity index (χ3n) is 3.40. The molecule has 0 aromatic carbocycles. The van der Waals surface area contributed by atoms with Gasteiger partial charge in [-0.2, -0.15) is 0 Å². The first-order valence-corrected chi connectivity index (χ1v) is 6.61. The molecule has 2 aliphatic rings. The molecule has 2 atom stereocenters. The second-order valence-electron chi connectivity index (χ2n) is 4.79. The molecule has 3 nitrogen and oxygen atoms in total. The predicted octanol–water partition coefficient (Wildman–Crippen LogP) is 1.82. The van der Waals surface area contributed by atoms with Gasteiger partial charge in [-0.15, -0.1) is 11.3 Å². The second kappa shape index (κ2) is 3.57. The molecule has 2 fully saturated rings. The Morgan fingerprint density at radius 1 is 1.44 bits per heavy atom. The van der Waals surface area contributed by atoms with E-state index in [4.69, 9.17) is 5.73 Å². The normalized spacial score (nSPS) is 30.1. The van der Waals surface area contributed by atoms with Crippen LogP contribution in [0.25, 0.3) is 0 Å². The topological polar surface area (TPSA) is 46.3 Å². The maximum atomic E-state index is 11.9. The summed E-state index contributed by atoms with van der Waals surface area (Å²) >= 11 is 1.77. The number of amides is 1. The van der Waals surface area contributed by atoms with Gasteiger partial charge in [-0.3, -0.25) is 4.79 Å². The van der Waals surface area contributed by atoms with Crippen molar-refractivity contribution in [1.82, 2.24) is 4.90 Å². The van der Waals surface area contributed by atoms with Gasteiger partial charge in [-0.25, -0.2) is 0 Å². The molecule has 3 rings (SSSR count). The number of aryl methyl sites for hydroxylation is 1. The van der Waals surface area contributed by atoms with E-state index in [0.717, 1.165) is 12.8 Å². The summed E-state index contributed by atoms with van der Waals surface area (Å²) in [6, 6.07) is 4.82. The number of likely N-dealkylation sites (tertiary alicyclic amines) is 1. The lowest BCUT2D eigenvalue weighted by Crippen LogP contribution is -2.34. The third-order valence-corrected chi connectivity index (χ3v) is 4.47. The molecule has 1 amide bonds. The molecule has 86 valence electrons. The Morgan fingerprint density at radius 2 is 2.19 bits per heavy atom. The minimum absolute atomic E-state index is 0.0221. The van der Waals surface area contributed by atoms with Crippen LogP contribution >= 0.6 is 11.3 Å². The lowest BCUT2D eigenvalue weighted by atomic mass is 10.1. The largest absolute Gasteiger partial charge is 0.330 e. The smallest absolute Gasteiger partial charge is 0.225 e. The zero-order chi connectivity index (χ0) is 11.3. The van der Waals surface area contributed by atoms with Crippen LogP contribution in [-0.4, -0.2) is 22.9 Å². The van der Waals surface area contributed by atoms with Gasteiger partial charge in [0.25, 0.3) is 0 Å². The fourth-order valence-electron chi connectivity index (χ4n) is 2.52. The molecule has 1 aromatic rings. The Balaban J connectivity index is 1.93. The van der Waals surface area contributed by atoms with Crippen molar-refractivity contribution >= 4 is 17.2 Å². The Bertz CT molecular complexity index is 424. The highest BCUT2D eigenvalue weighted by atomic mass is 32.1. The van der Waals surface area contributed by atoms with Gasteiger partial charge in [0.1, 0.15) is 0 Å². The van der Waals surface area contributed by atoms with Crippen molar-refractivity contribution in [2.45, 2.75) is 44.3 Å². The van der Waals surface area contributed by atoms with E-state index in [1.165, 1.54) is 9.75 Å². The van der Waals surface area contributed by atoms with Gasteiger partial charge in [0.05, 0.1) is 6.04 Å². The molecule has 0 radical (unpaired) electrons. The summed E-state index contributed by atoms with van der Waals surface area (Å²) in [5.41, 5.74) is 6.11. The molecule has 2 N–H and O–H groups in total. The summed E-state index contributed by atoms with van der Waals surface area (Å²) in [6.07, 6.45) is 2.82. The number of carbonyl (C=O) groups is 1. The predicted molar refractivity (Wildman–Crippen MR) is 64.3 cm³/mol. The molecule has 1 saturated heterocycles. The number of carbonyl (C=O) groups excluding carboxylic acids is 1. The van der Waals surface area contributed by atoms with Crippen LogP contribution in [0.3, 0.4) is 0 Å². The molecule has 1 saturated carbocycles. The van der Waals surface area contributed by atoms with Crippen molar-refractivity contribution in [3.05, 3.63) is 21.9 Å². The van der Waals surface area contributed by atoms with Gasteiger partial charge in [0.15, 0.2) is 0 Å². The minimum atomic E-state index is -0.0221. The van der Waals surface area contributed by atoms with E-state index >= 15 is 0 Å². The lowest BCUT2D eigenvalue weighted by molar-refractivity contribution is -0.129. The molecule has 1 aromatic heterocycles. The van der Waals surface area contributed by atoms with E-state index in [1.54, 1.807) is 11.3 Å².